The molecule has 0 aromatic heterocycles. The molecule has 0 spiro atoms. The van der Waals surface area contributed by atoms with E-state index in [-0.39, 0.29) is 12.1 Å². The van der Waals surface area contributed by atoms with Crippen LogP contribution in [0, 0.1) is 0 Å². The Morgan fingerprint density at radius 2 is 2.28 bits per heavy atom. The Balaban J connectivity index is 1.99. The van der Waals surface area contributed by atoms with Crippen LogP contribution in [0.1, 0.15) is 25.0 Å². The van der Waals surface area contributed by atoms with Crippen LogP contribution in [0.2, 0.25) is 0 Å². The van der Waals surface area contributed by atoms with Crippen LogP contribution in [0.3, 0.4) is 0 Å². The van der Waals surface area contributed by atoms with E-state index < -0.39 is 0 Å². The molecule has 0 bridgehead atoms. The quantitative estimate of drug-likeness (QED) is 0.652. The smallest absolute Gasteiger partial charge is 0.320 e. The maximum atomic E-state index is 11.6. The van der Waals surface area contributed by atoms with Gasteiger partial charge < -0.3 is 10.5 Å². The normalized spacial score (nSPS) is 15.5. The number of carbonyl (C=O) groups is 1. The molecule has 2 rings (SSSR count). The van der Waals surface area contributed by atoms with Gasteiger partial charge in [-0.05, 0) is 37.5 Å². The summed E-state index contributed by atoms with van der Waals surface area (Å²) in [6, 6.07) is 6.00. The predicted octanol–water partition coefficient (Wildman–Crippen LogP) is 1.58. The fraction of sp³-hybridized carbons (Fsp3) is 0.500. The molecule has 1 aromatic carbocycles. The minimum atomic E-state index is -0.164. The van der Waals surface area contributed by atoms with Crippen LogP contribution in [-0.2, 0) is 22.5 Å². The Kier molecular flexibility index (Phi) is 3.87. The lowest BCUT2D eigenvalue weighted by molar-refractivity contribution is -0.148. The number of ether oxygens (including phenoxy) is 1. The number of esters is 1. The van der Waals surface area contributed by atoms with Crippen molar-refractivity contribution in [1.29, 1.82) is 0 Å². The van der Waals surface area contributed by atoms with Gasteiger partial charge in [0.15, 0.2) is 0 Å². The summed E-state index contributed by atoms with van der Waals surface area (Å²) >= 11 is 0. The maximum absolute atomic E-state index is 11.6. The first-order valence-electron chi connectivity index (χ1n) is 6.34. The van der Waals surface area contributed by atoms with E-state index >= 15 is 0 Å². The van der Waals surface area contributed by atoms with Crippen LogP contribution >= 0.6 is 0 Å². The molecular formula is C14H20N2O2. The van der Waals surface area contributed by atoms with Crippen molar-refractivity contribution < 1.29 is 9.53 Å². The fourth-order valence-electron chi connectivity index (χ4n) is 2.28. The lowest BCUT2D eigenvalue weighted by Gasteiger charge is -2.28. The van der Waals surface area contributed by atoms with Gasteiger partial charge in [0.2, 0.25) is 0 Å². The van der Waals surface area contributed by atoms with Crippen LogP contribution in [-0.4, -0.2) is 30.1 Å². The molecule has 0 saturated carbocycles. The number of carbonyl (C=O) groups excluding carboxylic acids is 1. The SMILES string of the molecule is CC(C)OC(=O)CN1CCc2cccc(N)c2C1. The van der Waals surface area contributed by atoms with Crippen molar-refractivity contribution in [2.45, 2.75) is 32.9 Å². The first-order chi connectivity index (χ1) is 8.56. The summed E-state index contributed by atoms with van der Waals surface area (Å²) < 4.78 is 5.16. The topological polar surface area (TPSA) is 55.6 Å². The monoisotopic (exact) mass is 248 g/mol. The summed E-state index contributed by atoms with van der Waals surface area (Å²) in [6.07, 6.45) is 0.884. The third-order valence-electron chi connectivity index (χ3n) is 3.11. The molecule has 98 valence electrons. The molecule has 2 N–H and O–H groups in total. The first-order valence-corrected chi connectivity index (χ1v) is 6.34. The van der Waals surface area contributed by atoms with Crippen molar-refractivity contribution >= 4 is 11.7 Å². The van der Waals surface area contributed by atoms with Gasteiger partial charge >= 0.3 is 5.97 Å². The number of anilines is 1. The van der Waals surface area contributed by atoms with Crippen LogP contribution in [0.25, 0.3) is 0 Å². The molecule has 1 aromatic rings. The van der Waals surface area contributed by atoms with E-state index in [9.17, 15) is 4.79 Å². The van der Waals surface area contributed by atoms with E-state index in [0.29, 0.717) is 6.54 Å². The largest absolute Gasteiger partial charge is 0.462 e. The van der Waals surface area contributed by atoms with E-state index in [1.54, 1.807) is 0 Å². The molecule has 1 aliphatic rings. The second-order valence-corrected chi connectivity index (χ2v) is 4.98. The number of nitrogen functional groups attached to an aromatic ring is 1. The Bertz CT molecular complexity index is 443. The molecule has 0 atom stereocenters. The standard InChI is InChI=1S/C14H20N2O2/c1-10(2)18-14(17)9-16-7-6-11-4-3-5-13(15)12(11)8-16/h3-5,10H,6-9,15H2,1-2H3. The number of benzene rings is 1. The zero-order valence-corrected chi connectivity index (χ0v) is 11.0. The second kappa shape index (κ2) is 5.40. The van der Waals surface area contributed by atoms with Crippen LogP contribution in [0.15, 0.2) is 18.2 Å². The summed E-state index contributed by atoms with van der Waals surface area (Å²) in [5.41, 5.74) is 9.24. The van der Waals surface area contributed by atoms with Crippen molar-refractivity contribution in [3.05, 3.63) is 29.3 Å². The average molecular weight is 248 g/mol. The summed E-state index contributed by atoms with van der Waals surface area (Å²) in [4.78, 5) is 13.7. The highest BCUT2D eigenvalue weighted by Gasteiger charge is 2.20. The van der Waals surface area contributed by atoms with E-state index in [1.807, 2.05) is 26.0 Å². The minimum Gasteiger partial charge on any atom is -0.462 e. The van der Waals surface area contributed by atoms with Crippen molar-refractivity contribution in [2.24, 2.45) is 0 Å². The lowest BCUT2D eigenvalue weighted by Crippen LogP contribution is -2.36. The summed E-state index contributed by atoms with van der Waals surface area (Å²) in [7, 11) is 0. The lowest BCUT2D eigenvalue weighted by atomic mass is 9.98. The van der Waals surface area contributed by atoms with Gasteiger partial charge in [0.1, 0.15) is 0 Å². The Morgan fingerprint density at radius 1 is 1.50 bits per heavy atom. The molecular weight excluding hydrogens is 228 g/mol. The summed E-state index contributed by atoms with van der Waals surface area (Å²) in [5, 5.41) is 0. The Labute approximate surface area is 108 Å². The number of rotatable bonds is 3. The summed E-state index contributed by atoms with van der Waals surface area (Å²) in [6.45, 7) is 5.67. The maximum Gasteiger partial charge on any atom is 0.320 e. The van der Waals surface area contributed by atoms with Crippen molar-refractivity contribution in [1.82, 2.24) is 4.90 Å². The molecule has 1 aliphatic heterocycles. The van der Waals surface area contributed by atoms with Crippen LogP contribution in [0.5, 0.6) is 0 Å². The highest BCUT2D eigenvalue weighted by molar-refractivity contribution is 5.72. The van der Waals surface area contributed by atoms with E-state index in [4.69, 9.17) is 10.5 Å². The molecule has 0 aliphatic carbocycles. The molecule has 0 saturated heterocycles. The zero-order valence-electron chi connectivity index (χ0n) is 11.0. The number of nitrogens with two attached hydrogens (primary N) is 1. The van der Waals surface area contributed by atoms with Crippen molar-refractivity contribution in [3.8, 4) is 0 Å². The number of fused-ring (bicyclic) bond motifs is 1. The van der Waals surface area contributed by atoms with Crippen LogP contribution in [0.4, 0.5) is 5.69 Å². The zero-order chi connectivity index (χ0) is 13.1. The molecule has 18 heavy (non-hydrogen) atoms. The average Bonchev–Trinajstić information content (AvgIpc) is 2.29. The second-order valence-electron chi connectivity index (χ2n) is 4.98. The van der Waals surface area contributed by atoms with Gasteiger partial charge in [0.05, 0.1) is 12.6 Å². The number of hydrogen-bond acceptors (Lipinski definition) is 4. The molecule has 4 heteroatoms. The molecule has 0 fully saturated rings. The molecule has 0 amide bonds. The fourth-order valence-corrected chi connectivity index (χ4v) is 2.28. The highest BCUT2D eigenvalue weighted by atomic mass is 16.5. The minimum absolute atomic E-state index is 0.0559. The van der Waals surface area contributed by atoms with Crippen molar-refractivity contribution in [2.75, 3.05) is 18.8 Å². The number of nitrogens with zero attached hydrogens (tertiary/aromatic N) is 1. The van der Waals surface area contributed by atoms with Gasteiger partial charge in [-0.25, -0.2) is 0 Å². The first kappa shape index (κ1) is 12.9. The predicted molar refractivity (Wildman–Crippen MR) is 71.1 cm³/mol. The molecule has 4 nitrogen and oxygen atoms in total. The van der Waals surface area contributed by atoms with Gasteiger partial charge in [-0.15, -0.1) is 0 Å². The van der Waals surface area contributed by atoms with Crippen molar-refractivity contribution in [3.63, 3.8) is 0 Å². The van der Waals surface area contributed by atoms with Crippen LogP contribution < -0.4 is 5.73 Å². The third kappa shape index (κ3) is 3.01. The number of hydrogen-bond donors (Lipinski definition) is 1. The molecule has 1 heterocycles. The summed E-state index contributed by atoms with van der Waals surface area (Å²) in [5.74, 6) is -0.164. The van der Waals surface area contributed by atoms with Gasteiger partial charge in [-0.3, -0.25) is 9.69 Å². The molecule has 0 unspecified atom stereocenters. The Hall–Kier alpha value is -1.55. The molecule has 0 radical (unpaired) electrons. The van der Waals surface area contributed by atoms with Gasteiger partial charge in [-0.1, -0.05) is 12.1 Å². The van der Waals surface area contributed by atoms with Gasteiger partial charge in [0, 0.05) is 18.8 Å². The Morgan fingerprint density at radius 3 is 3.00 bits per heavy atom. The van der Waals surface area contributed by atoms with E-state index in [0.717, 1.165) is 30.8 Å². The van der Waals surface area contributed by atoms with Gasteiger partial charge in [0.25, 0.3) is 0 Å². The van der Waals surface area contributed by atoms with E-state index in [1.165, 1.54) is 5.56 Å². The van der Waals surface area contributed by atoms with Gasteiger partial charge in [-0.2, -0.15) is 0 Å². The highest BCUT2D eigenvalue weighted by Crippen LogP contribution is 2.23. The third-order valence-corrected chi connectivity index (χ3v) is 3.11. The van der Waals surface area contributed by atoms with E-state index in [2.05, 4.69) is 11.0 Å².